The van der Waals surface area contributed by atoms with E-state index in [1.54, 1.807) is 6.92 Å². The normalized spacial score (nSPS) is 17.1. The lowest BCUT2D eigenvalue weighted by Crippen LogP contribution is -2.35. The summed E-state index contributed by atoms with van der Waals surface area (Å²) in [5, 5.41) is 13.0. The summed E-state index contributed by atoms with van der Waals surface area (Å²) in [6.45, 7) is 2.63. The van der Waals surface area contributed by atoms with Crippen molar-refractivity contribution in [2.45, 2.75) is 38.5 Å². The third kappa shape index (κ3) is 3.49. The molecule has 0 bridgehead atoms. The predicted octanol–water partition coefficient (Wildman–Crippen LogP) is 0.269. The molecule has 1 unspecified atom stereocenters. The van der Waals surface area contributed by atoms with Crippen LogP contribution >= 0.6 is 22.6 Å². The Morgan fingerprint density at radius 2 is 2.41 bits per heavy atom. The molecule has 2 N–H and O–H groups in total. The van der Waals surface area contributed by atoms with E-state index in [1.807, 2.05) is 22.6 Å². The van der Waals surface area contributed by atoms with Gasteiger partial charge in [0.25, 0.3) is 5.56 Å². The summed E-state index contributed by atoms with van der Waals surface area (Å²) in [7, 11) is 0. The number of aromatic nitrogens is 2. The molecule has 0 radical (unpaired) electrons. The molecule has 17 heavy (non-hydrogen) atoms. The molecule has 1 aromatic rings. The summed E-state index contributed by atoms with van der Waals surface area (Å²) < 4.78 is 2.08. The molecule has 1 heterocycles. The summed E-state index contributed by atoms with van der Waals surface area (Å²) in [5.74, 6) is 0. The Hall–Kier alpha value is -0.470. The molecular formula is C11H16IN3O2. The van der Waals surface area contributed by atoms with Crippen LogP contribution in [0.3, 0.4) is 0 Å². The van der Waals surface area contributed by atoms with Crippen molar-refractivity contribution < 1.29 is 5.11 Å². The van der Waals surface area contributed by atoms with Gasteiger partial charge in [0, 0.05) is 12.6 Å². The molecule has 0 aromatic carbocycles. The quantitative estimate of drug-likeness (QED) is 0.749. The molecule has 6 heteroatoms. The van der Waals surface area contributed by atoms with Gasteiger partial charge >= 0.3 is 0 Å². The fourth-order valence-electron chi connectivity index (χ4n) is 1.56. The number of nitrogens with one attached hydrogen (secondary N) is 1. The Labute approximate surface area is 113 Å². The molecule has 0 aliphatic heterocycles. The first-order valence-corrected chi connectivity index (χ1v) is 6.79. The zero-order valence-electron chi connectivity index (χ0n) is 9.69. The molecule has 1 fully saturated rings. The van der Waals surface area contributed by atoms with Crippen LogP contribution in [0.25, 0.3) is 0 Å². The zero-order valence-corrected chi connectivity index (χ0v) is 11.8. The van der Waals surface area contributed by atoms with E-state index in [1.165, 1.54) is 23.7 Å². The number of hydrogen-bond donors (Lipinski definition) is 2. The number of aliphatic hydroxyl groups excluding tert-OH is 1. The Morgan fingerprint density at radius 1 is 1.71 bits per heavy atom. The Bertz CT molecular complexity index is 457. The standard InChI is InChI=1S/C11H16IN3O2/c1-7-10(12)11(17)15(6-14-7)5-9(16)4-13-8-2-3-8/h6,8-9,13,16H,2-5H2,1H3. The largest absolute Gasteiger partial charge is 0.390 e. The lowest BCUT2D eigenvalue weighted by molar-refractivity contribution is 0.149. The van der Waals surface area contributed by atoms with Crippen molar-refractivity contribution in [1.82, 2.24) is 14.9 Å². The second-order valence-electron chi connectivity index (χ2n) is 4.44. The molecule has 5 nitrogen and oxygen atoms in total. The summed E-state index contributed by atoms with van der Waals surface area (Å²) in [5.41, 5.74) is 0.654. The van der Waals surface area contributed by atoms with Gasteiger partial charge in [-0.05, 0) is 42.4 Å². The van der Waals surface area contributed by atoms with E-state index in [-0.39, 0.29) is 5.56 Å². The van der Waals surface area contributed by atoms with Crippen LogP contribution in [0, 0.1) is 10.5 Å². The van der Waals surface area contributed by atoms with Gasteiger partial charge in [0.05, 0.1) is 28.2 Å². The fourth-order valence-corrected chi connectivity index (χ4v) is 2.01. The van der Waals surface area contributed by atoms with Crippen molar-refractivity contribution >= 4 is 22.6 Å². The Balaban J connectivity index is 1.97. The van der Waals surface area contributed by atoms with Crippen molar-refractivity contribution in [1.29, 1.82) is 0 Å². The first-order chi connectivity index (χ1) is 8.08. The monoisotopic (exact) mass is 349 g/mol. The van der Waals surface area contributed by atoms with Crippen molar-refractivity contribution in [3.63, 3.8) is 0 Å². The smallest absolute Gasteiger partial charge is 0.267 e. The average molecular weight is 349 g/mol. The van der Waals surface area contributed by atoms with E-state index in [0.717, 1.165) is 5.69 Å². The molecule has 1 aliphatic rings. The highest BCUT2D eigenvalue weighted by Crippen LogP contribution is 2.18. The number of nitrogens with zero attached hydrogens (tertiary/aromatic N) is 2. The van der Waals surface area contributed by atoms with Gasteiger partial charge in [-0.25, -0.2) is 4.98 Å². The summed E-state index contributed by atoms with van der Waals surface area (Å²) in [6, 6.07) is 0.567. The maximum Gasteiger partial charge on any atom is 0.267 e. The Morgan fingerprint density at radius 3 is 3.06 bits per heavy atom. The SMILES string of the molecule is Cc1ncn(CC(O)CNC2CC2)c(=O)c1I. The van der Waals surface area contributed by atoms with Crippen LogP contribution < -0.4 is 10.9 Å². The molecule has 1 atom stereocenters. The van der Waals surface area contributed by atoms with Crippen molar-refractivity contribution in [2.24, 2.45) is 0 Å². The minimum absolute atomic E-state index is 0.0800. The highest BCUT2D eigenvalue weighted by molar-refractivity contribution is 14.1. The molecular weight excluding hydrogens is 333 g/mol. The maximum atomic E-state index is 11.9. The van der Waals surface area contributed by atoms with Gasteiger partial charge in [-0.3, -0.25) is 9.36 Å². The van der Waals surface area contributed by atoms with Crippen molar-refractivity contribution in [3.8, 4) is 0 Å². The van der Waals surface area contributed by atoms with E-state index in [0.29, 0.717) is 22.7 Å². The van der Waals surface area contributed by atoms with E-state index < -0.39 is 6.10 Å². The third-order valence-electron chi connectivity index (χ3n) is 2.78. The van der Waals surface area contributed by atoms with Gasteiger partial charge in [0.1, 0.15) is 0 Å². The van der Waals surface area contributed by atoms with Gasteiger partial charge < -0.3 is 10.4 Å². The molecule has 0 spiro atoms. The van der Waals surface area contributed by atoms with E-state index in [9.17, 15) is 9.90 Å². The Kier molecular flexibility index (Phi) is 4.16. The van der Waals surface area contributed by atoms with Crippen molar-refractivity contribution in [2.75, 3.05) is 6.54 Å². The summed E-state index contributed by atoms with van der Waals surface area (Å²) in [6.07, 6.45) is 3.33. The van der Waals surface area contributed by atoms with Crippen LogP contribution in [0.4, 0.5) is 0 Å². The number of hydrogen-bond acceptors (Lipinski definition) is 4. The molecule has 0 saturated heterocycles. The molecule has 1 aliphatic carbocycles. The van der Waals surface area contributed by atoms with Gasteiger partial charge in [0.15, 0.2) is 0 Å². The second kappa shape index (κ2) is 5.45. The first-order valence-electron chi connectivity index (χ1n) is 5.71. The van der Waals surface area contributed by atoms with E-state index >= 15 is 0 Å². The van der Waals surface area contributed by atoms with Crippen LogP contribution in [-0.2, 0) is 6.54 Å². The van der Waals surface area contributed by atoms with Crippen LogP contribution in [0.5, 0.6) is 0 Å². The zero-order chi connectivity index (χ0) is 12.4. The van der Waals surface area contributed by atoms with Crippen molar-refractivity contribution in [3.05, 3.63) is 25.9 Å². The topological polar surface area (TPSA) is 67.2 Å². The van der Waals surface area contributed by atoms with Gasteiger partial charge in [-0.15, -0.1) is 0 Å². The lowest BCUT2D eigenvalue weighted by Gasteiger charge is -2.13. The van der Waals surface area contributed by atoms with Crippen LogP contribution in [0.15, 0.2) is 11.1 Å². The highest BCUT2D eigenvalue weighted by atomic mass is 127. The number of halogens is 1. The van der Waals surface area contributed by atoms with Gasteiger partial charge in [0.2, 0.25) is 0 Å². The maximum absolute atomic E-state index is 11.9. The van der Waals surface area contributed by atoms with Crippen LogP contribution in [0.1, 0.15) is 18.5 Å². The van der Waals surface area contributed by atoms with E-state index in [2.05, 4.69) is 10.3 Å². The molecule has 94 valence electrons. The molecule has 0 amide bonds. The highest BCUT2D eigenvalue weighted by Gasteiger charge is 2.21. The minimum atomic E-state index is -0.548. The number of rotatable bonds is 5. The number of aryl methyl sites for hydroxylation is 1. The first kappa shape index (κ1) is 13.0. The van der Waals surface area contributed by atoms with Crippen LogP contribution in [0.2, 0.25) is 0 Å². The van der Waals surface area contributed by atoms with Gasteiger partial charge in [-0.2, -0.15) is 0 Å². The molecule has 1 saturated carbocycles. The van der Waals surface area contributed by atoms with Crippen LogP contribution in [-0.4, -0.2) is 33.3 Å². The lowest BCUT2D eigenvalue weighted by atomic mass is 10.3. The minimum Gasteiger partial charge on any atom is -0.390 e. The average Bonchev–Trinajstić information content (AvgIpc) is 3.11. The molecule has 2 rings (SSSR count). The summed E-state index contributed by atoms with van der Waals surface area (Å²) in [4.78, 5) is 16.0. The van der Waals surface area contributed by atoms with Gasteiger partial charge in [-0.1, -0.05) is 0 Å². The number of aliphatic hydroxyl groups is 1. The fraction of sp³-hybridized carbons (Fsp3) is 0.636. The predicted molar refractivity (Wildman–Crippen MR) is 73.0 cm³/mol. The molecule has 1 aromatic heterocycles. The van der Waals surface area contributed by atoms with E-state index in [4.69, 9.17) is 0 Å². The third-order valence-corrected chi connectivity index (χ3v) is 4.03. The summed E-state index contributed by atoms with van der Waals surface area (Å²) >= 11 is 1.99. The second-order valence-corrected chi connectivity index (χ2v) is 5.52.